The van der Waals surface area contributed by atoms with E-state index in [4.69, 9.17) is 10.5 Å². The number of hydrogen-bond donors (Lipinski definition) is 1. The Hall–Kier alpha value is -1.21. The summed E-state index contributed by atoms with van der Waals surface area (Å²) in [4.78, 5) is 8.82. The van der Waals surface area contributed by atoms with Gasteiger partial charge in [-0.15, -0.1) is 0 Å². The van der Waals surface area contributed by atoms with E-state index in [9.17, 15) is 0 Å². The minimum absolute atomic E-state index is 0.398. The number of rotatable bonds is 5. The van der Waals surface area contributed by atoms with Crippen LogP contribution in [0, 0.1) is 3.57 Å². The number of nitrogens with zero attached hydrogens (tertiary/aromatic N) is 2. The van der Waals surface area contributed by atoms with Crippen molar-refractivity contribution in [3.63, 3.8) is 0 Å². The highest BCUT2D eigenvalue weighted by Crippen LogP contribution is 2.26. The molecule has 2 rings (SSSR count). The lowest BCUT2D eigenvalue weighted by Crippen LogP contribution is -2.07. The van der Waals surface area contributed by atoms with Gasteiger partial charge >= 0.3 is 0 Å². The molecule has 0 radical (unpaired) electrons. The van der Waals surface area contributed by atoms with Crippen LogP contribution in [-0.2, 0) is 11.3 Å². The smallest absolute Gasteiger partial charge is 0.157 e. The van der Waals surface area contributed by atoms with Crippen LogP contribution in [0.15, 0.2) is 30.3 Å². The monoisotopic (exact) mass is 369 g/mol. The molecule has 0 saturated heterocycles. The SMILES string of the molecule is CCCOCc1nc(N)c(I)c(-c2ccccc2)n1. The van der Waals surface area contributed by atoms with Gasteiger partial charge in [0.1, 0.15) is 12.4 Å². The first-order valence-electron chi connectivity index (χ1n) is 6.17. The van der Waals surface area contributed by atoms with Crippen LogP contribution in [0.3, 0.4) is 0 Å². The number of aromatic nitrogens is 2. The van der Waals surface area contributed by atoms with Crippen molar-refractivity contribution in [2.75, 3.05) is 12.3 Å². The Kier molecular flexibility index (Phi) is 5.09. The molecule has 1 aromatic carbocycles. The van der Waals surface area contributed by atoms with Gasteiger partial charge in [0.05, 0.1) is 9.26 Å². The Morgan fingerprint density at radius 1 is 1.21 bits per heavy atom. The van der Waals surface area contributed by atoms with Gasteiger partial charge in [0.25, 0.3) is 0 Å². The molecule has 1 heterocycles. The third kappa shape index (κ3) is 3.63. The lowest BCUT2D eigenvalue weighted by atomic mass is 10.1. The number of ether oxygens (including phenoxy) is 1. The minimum Gasteiger partial charge on any atom is -0.383 e. The lowest BCUT2D eigenvalue weighted by molar-refractivity contribution is 0.116. The van der Waals surface area contributed by atoms with Crippen molar-refractivity contribution in [2.45, 2.75) is 20.0 Å². The number of hydrogen-bond acceptors (Lipinski definition) is 4. The second kappa shape index (κ2) is 6.81. The van der Waals surface area contributed by atoms with Crippen LogP contribution in [0.25, 0.3) is 11.3 Å². The highest BCUT2D eigenvalue weighted by Gasteiger charge is 2.11. The van der Waals surface area contributed by atoms with Crippen molar-refractivity contribution < 1.29 is 4.74 Å². The van der Waals surface area contributed by atoms with Crippen LogP contribution in [0.4, 0.5) is 5.82 Å². The van der Waals surface area contributed by atoms with Crippen molar-refractivity contribution in [2.24, 2.45) is 0 Å². The first-order valence-corrected chi connectivity index (χ1v) is 7.25. The van der Waals surface area contributed by atoms with Crippen molar-refractivity contribution in [1.82, 2.24) is 9.97 Å². The molecule has 0 aliphatic rings. The van der Waals surface area contributed by atoms with Crippen molar-refractivity contribution in [3.05, 3.63) is 39.7 Å². The third-order valence-corrected chi connectivity index (χ3v) is 3.61. The zero-order valence-electron chi connectivity index (χ0n) is 10.8. The van der Waals surface area contributed by atoms with Gasteiger partial charge < -0.3 is 10.5 Å². The summed E-state index contributed by atoms with van der Waals surface area (Å²) in [5.74, 6) is 1.13. The second-order valence-corrected chi connectivity index (χ2v) is 5.19. The Labute approximate surface area is 126 Å². The van der Waals surface area contributed by atoms with E-state index < -0.39 is 0 Å². The number of benzene rings is 1. The number of nitrogen functional groups attached to an aromatic ring is 1. The number of anilines is 1. The van der Waals surface area contributed by atoms with E-state index in [1.807, 2.05) is 30.3 Å². The highest BCUT2D eigenvalue weighted by molar-refractivity contribution is 14.1. The van der Waals surface area contributed by atoms with Gasteiger partial charge in [0, 0.05) is 12.2 Å². The van der Waals surface area contributed by atoms with Gasteiger partial charge in [0.15, 0.2) is 5.82 Å². The van der Waals surface area contributed by atoms with Crippen LogP contribution >= 0.6 is 22.6 Å². The van der Waals surface area contributed by atoms with Crippen LogP contribution in [0.5, 0.6) is 0 Å². The first kappa shape index (κ1) is 14.2. The average molecular weight is 369 g/mol. The summed E-state index contributed by atoms with van der Waals surface area (Å²) in [6, 6.07) is 9.97. The zero-order chi connectivity index (χ0) is 13.7. The van der Waals surface area contributed by atoms with E-state index in [1.165, 1.54) is 0 Å². The summed E-state index contributed by atoms with van der Waals surface area (Å²) in [5.41, 5.74) is 7.85. The molecular weight excluding hydrogens is 353 g/mol. The molecule has 4 nitrogen and oxygen atoms in total. The van der Waals surface area contributed by atoms with Crippen LogP contribution in [0.1, 0.15) is 19.2 Å². The Morgan fingerprint density at radius 3 is 2.63 bits per heavy atom. The van der Waals surface area contributed by atoms with Crippen molar-refractivity contribution in [1.29, 1.82) is 0 Å². The molecule has 5 heteroatoms. The Balaban J connectivity index is 2.32. The maximum atomic E-state index is 5.95. The second-order valence-electron chi connectivity index (χ2n) is 4.11. The molecule has 0 fully saturated rings. The molecule has 0 aliphatic carbocycles. The Bertz CT molecular complexity index is 546. The van der Waals surface area contributed by atoms with Crippen LogP contribution in [-0.4, -0.2) is 16.6 Å². The first-order chi connectivity index (χ1) is 9.22. The summed E-state index contributed by atoms with van der Waals surface area (Å²) in [5, 5.41) is 0. The molecule has 0 spiro atoms. The summed E-state index contributed by atoms with van der Waals surface area (Å²) in [7, 11) is 0. The topological polar surface area (TPSA) is 61.0 Å². The normalized spacial score (nSPS) is 10.6. The maximum Gasteiger partial charge on any atom is 0.157 e. The zero-order valence-corrected chi connectivity index (χ0v) is 12.9. The van der Waals surface area contributed by atoms with Gasteiger partial charge in [-0.1, -0.05) is 37.3 Å². The summed E-state index contributed by atoms with van der Waals surface area (Å²) < 4.78 is 6.35. The number of halogens is 1. The van der Waals surface area contributed by atoms with E-state index in [0.29, 0.717) is 24.9 Å². The van der Waals surface area contributed by atoms with Gasteiger partial charge in [-0.2, -0.15) is 0 Å². The quantitative estimate of drug-likeness (QED) is 0.649. The molecule has 2 N–H and O–H groups in total. The van der Waals surface area contributed by atoms with Crippen molar-refractivity contribution in [3.8, 4) is 11.3 Å². The molecule has 100 valence electrons. The predicted molar refractivity (Wildman–Crippen MR) is 84.5 cm³/mol. The van der Waals surface area contributed by atoms with E-state index in [2.05, 4.69) is 39.5 Å². The molecule has 19 heavy (non-hydrogen) atoms. The molecule has 0 bridgehead atoms. The fourth-order valence-electron chi connectivity index (χ4n) is 1.67. The molecular formula is C14H16IN3O. The maximum absolute atomic E-state index is 5.95. The van der Waals surface area contributed by atoms with Gasteiger partial charge in [-0.05, 0) is 29.0 Å². The molecule has 0 amide bonds. The highest BCUT2D eigenvalue weighted by atomic mass is 127. The van der Waals surface area contributed by atoms with Crippen LogP contribution < -0.4 is 5.73 Å². The number of nitrogens with two attached hydrogens (primary N) is 1. The third-order valence-electron chi connectivity index (χ3n) is 2.55. The summed E-state index contributed by atoms with van der Waals surface area (Å²) in [6.45, 7) is 3.17. The van der Waals surface area contributed by atoms with E-state index in [0.717, 1.165) is 21.2 Å². The fraction of sp³-hybridized carbons (Fsp3) is 0.286. The average Bonchev–Trinajstić information content (AvgIpc) is 2.44. The molecule has 0 atom stereocenters. The van der Waals surface area contributed by atoms with Gasteiger partial charge in [-0.25, -0.2) is 9.97 Å². The minimum atomic E-state index is 0.398. The van der Waals surface area contributed by atoms with Crippen LogP contribution in [0.2, 0.25) is 0 Å². The summed E-state index contributed by atoms with van der Waals surface area (Å²) in [6.07, 6.45) is 0.978. The van der Waals surface area contributed by atoms with E-state index >= 15 is 0 Å². The molecule has 1 aromatic heterocycles. The van der Waals surface area contributed by atoms with E-state index in [1.54, 1.807) is 0 Å². The van der Waals surface area contributed by atoms with Gasteiger partial charge in [0.2, 0.25) is 0 Å². The van der Waals surface area contributed by atoms with E-state index in [-0.39, 0.29) is 0 Å². The lowest BCUT2D eigenvalue weighted by Gasteiger charge is -2.09. The molecule has 0 saturated carbocycles. The van der Waals surface area contributed by atoms with Gasteiger partial charge in [-0.3, -0.25) is 0 Å². The fourth-order valence-corrected chi connectivity index (χ4v) is 2.22. The van der Waals surface area contributed by atoms with Crippen molar-refractivity contribution >= 4 is 28.4 Å². The summed E-state index contributed by atoms with van der Waals surface area (Å²) >= 11 is 2.18. The predicted octanol–water partition coefficient (Wildman–Crippen LogP) is 3.26. The Morgan fingerprint density at radius 2 is 1.95 bits per heavy atom. The molecule has 0 aliphatic heterocycles. The standard InChI is InChI=1S/C14H16IN3O/c1-2-8-19-9-11-17-13(12(15)14(16)18-11)10-6-4-3-5-7-10/h3-7H,2,8-9H2,1H3,(H2,16,17,18). The molecule has 2 aromatic rings. The largest absolute Gasteiger partial charge is 0.383 e. The molecule has 0 unspecified atom stereocenters.